The lowest BCUT2D eigenvalue weighted by Crippen LogP contribution is -2.31. The molecule has 1 aliphatic rings. The summed E-state index contributed by atoms with van der Waals surface area (Å²) in [6.45, 7) is 2.27. The Morgan fingerprint density at radius 3 is 2.92 bits per heavy atom. The standard InChI is InChI=1S/C11H16N2/c1-11(4-5-11)10(12)7-9-3-2-6-13-8-9/h2-3,6,8,10H,4-5,7,12H2,1H3. The maximum Gasteiger partial charge on any atom is 0.0300 e. The number of nitrogens with two attached hydrogens (primary N) is 1. The van der Waals surface area contributed by atoms with Crippen LogP contribution in [-0.4, -0.2) is 11.0 Å². The smallest absolute Gasteiger partial charge is 0.0300 e. The highest BCUT2D eigenvalue weighted by Crippen LogP contribution is 2.47. The van der Waals surface area contributed by atoms with Gasteiger partial charge in [0.05, 0.1) is 0 Å². The number of hydrogen-bond acceptors (Lipinski definition) is 2. The average molecular weight is 176 g/mol. The molecule has 1 fully saturated rings. The van der Waals surface area contributed by atoms with Gasteiger partial charge in [-0.25, -0.2) is 0 Å². The van der Waals surface area contributed by atoms with Gasteiger partial charge in [0, 0.05) is 18.4 Å². The highest BCUT2D eigenvalue weighted by molar-refractivity contribution is 5.13. The highest BCUT2D eigenvalue weighted by Gasteiger charge is 2.42. The van der Waals surface area contributed by atoms with Crippen molar-refractivity contribution in [2.75, 3.05) is 0 Å². The second-order valence-corrected chi connectivity index (χ2v) is 4.33. The molecule has 1 aromatic rings. The van der Waals surface area contributed by atoms with E-state index < -0.39 is 0 Å². The van der Waals surface area contributed by atoms with Crippen LogP contribution in [-0.2, 0) is 6.42 Å². The summed E-state index contributed by atoms with van der Waals surface area (Å²) >= 11 is 0. The zero-order valence-corrected chi connectivity index (χ0v) is 8.03. The molecule has 0 amide bonds. The molecule has 0 bridgehead atoms. The van der Waals surface area contributed by atoms with Crippen LogP contribution in [0.25, 0.3) is 0 Å². The van der Waals surface area contributed by atoms with Gasteiger partial charge in [0.1, 0.15) is 0 Å². The molecule has 1 atom stereocenters. The zero-order chi connectivity index (χ0) is 9.31. The molecule has 1 saturated carbocycles. The molecule has 1 heterocycles. The molecule has 2 nitrogen and oxygen atoms in total. The summed E-state index contributed by atoms with van der Waals surface area (Å²) < 4.78 is 0. The zero-order valence-electron chi connectivity index (χ0n) is 8.03. The fraction of sp³-hybridized carbons (Fsp3) is 0.545. The Hall–Kier alpha value is -0.890. The van der Waals surface area contributed by atoms with Crippen molar-refractivity contribution in [2.24, 2.45) is 11.1 Å². The third-order valence-corrected chi connectivity index (χ3v) is 3.11. The molecule has 0 aromatic carbocycles. The summed E-state index contributed by atoms with van der Waals surface area (Å²) in [5.41, 5.74) is 7.78. The van der Waals surface area contributed by atoms with Gasteiger partial charge in [-0.15, -0.1) is 0 Å². The Bertz CT molecular complexity index is 277. The van der Waals surface area contributed by atoms with Crippen molar-refractivity contribution in [3.63, 3.8) is 0 Å². The average Bonchev–Trinajstić information content (AvgIpc) is 2.87. The van der Waals surface area contributed by atoms with E-state index in [-0.39, 0.29) is 0 Å². The summed E-state index contributed by atoms with van der Waals surface area (Å²) in [7, 11) is 0. The fourth-order valence-corrected chi connectivity index (χ4v) is 1.59. The van der Waals surface area contributed by atoms with Gasteiger partial charge in [0.2, 0.25) is 0 Å². The van der Waals surface area contributed by atoms with E-state index in [2.05, 4.69) is 18.0 Å². The molecule has 0 radical (unpaired) electrons. The second kappa shape index (κ2) is 3.11. The van der Waals surface area contributed by atoms with Crippen molar-refractivity contribution in [1.82, 2.24) is 4.98 Å². The summed E-state index contributed by atoms with van der Waals surface area (Å²) in [5.74, 6) is 0. The summed E-state index contributed by atoms with van der Waals surface area (Å²) in [6.07, 6.45) is 7.24. The van der Waals surface area contributed by atoms with Gasteiger partial charge in [-0.2, -0.15) is 0 Å². The van der Waals surface area contributed by atoms with E-state index >= 15 is 0 Å². The van der Waals surface area contributed by atoms with Crippen molar-refractivity contribution >= 4 is 0 Å². The quantitative estimate of drug-likeness (QED) is 0.762. The Morgan fingerprint density at radius 2 is 2.38 bits per heavy atom. The first-order chi connectivity index (χ1) is 6.21. The van der Waals surface area contributed by atoms with E-state index in [1.165, 1.54) is 18.4 Å². The summed E-state index contributed by atoms with van der Waals surface area (Å²) in [5, 5.41) is 0. The van der Waals surface area contributed by atoms with Crippen LogP contribution in [0.15, 0.2) is 24.5 Å². The topological polar surface area (TPSA) is 38.9 Å². The largest absolute Gasteiger partial charge is 0.327 e. The van der Waals surface area contributed by atoms with Gasteiger partial charge in [0.15, 0.2) is 0 Å². The molecular weight excluding hydrogens is 160 g/mol. The van der Waals surface area contributed by atoms with Crippen molar-refractivity contribution in [2.45, 2.75) is 32.2 Å². The van der Waals surface area contributed by atoms with E-state index in [0.29, 0.717) is 11.5 Å². The monoisotopic (exact) mass is 176 g/mol. The van der Waals surface area contributed by atoms with Crippen LogP contribution < -0.4 is 5.73 Å². The third kappa shape index (κ3) is 1.89. The van der Waals surface area contributed by atoms with Gasteiger partial charge in [-0.05, 0) is 36.3 Å². The van der Waals surface area contributed by atoms with Gasteiger partial charge in [0.25, 0.3) is 0 Å². The number of pyridine rings is 1. The minimum absolute atomic E-state index is 0.302. The molecule has 0 saturated heterocycles. The van der Waals surface area contributed by atoms with Gasteiger partial charge in [-0.3, -0.25) is 4.98 Å². The van der Waals surface area contributed by atoms with Crippen LogP contribution in [0, 0.1) is 5.41 Å². The van der Waals surface area contributed by atoms with Crippen LogP contribution in [0.5, 0.6) is 0 Å². The predicted molar refractivity (Wildman–Crippen MR) is 53.3 cm³/mol. The van der Waals surface area contributed by atoms with Crippen molar-refractivity contribution in [3.05, 3.63) is 30.1 Å². The normalized spacial score (nSPS) is 21.1. The Labute approximate surface area is 79.2 Å². The molecule has 0 spiro atoms. The molecule has 2 N–H and O–H groups in total. The van der Waals surface area contributed by atoms with Crippen LogP contribution >= 0.6 is 0 Å². The molecule has 1 unspecified atom stereocenters. The van der Waals surface area contributed by atoms with Gasteiger partial charge in [-0.1, -0.05) is 13.0 Å². The molecule has 1 aliphatic carbocycles. The van der Waals surface area contributed by atoms with E-state index in [1.54, 1.807) is 6.20 Å². The van der Waals surface area contributed by atoms with E-state index in [1.807, 2.05) is 12.3 Å². The number of aromatic nitrogens is 1. The molecule has 13 heavy (non-hydrogen) atoms. The predicted octanol–water partition coefficient (Wildman–Crippen LogP) is 1.75. The number of hydrogen-bond donors (Lipinski definition) is 1. The first kappa shape index (κ1) is 8.70. The van der Waals surface area contributed by atoms with Crippen LogP contribution in [0.4, 0.5) is 0 Å². The number of nitrogens with zero attached hydrogens (tertiary/aromatic N) is 1. The molecule has 0 aliphatic heterocycles. The summed E-state index contributed by atoms with van der Waals surface area (Å²) in [6, 6.07) is 4.37. The van der Waals surface area contributed by atoms with Crippen LogP contribution in [0.3, 0.4) is 0 Å². The molecule has 2 rings (SSSR count). The molecule has 2 heteroatoms. The van der Waals surface area contributed by atoms with Crippen LogP contribution in [0.2, 0.25) is 0 Å². The first-order valence-electron chi connectivity index (χ1n) is 4.85. The van der Waals surface area contributed by atoms with Gasteiger partial charge < -0.3 is 5.73 Å². The molecular formula is C11H16N2. The van der Waals surface area contributed by atoms with Crippen molar-refractivity contribution in [3.8, 4) is 0 Å². The van der Waals surface area contributed by atoms with Crippen molar-refractivity contribution in [1.29, 1.82) is 0 Å². The minimum atomic E-state index is 0.302. The van der Waals surface area contributed by atoms with Crippen LogP contribution in [0.1, 0.15) is 25.3 Å². The minimum Gasteiger partial charge on any atom is -0.327 e. The molecule has 70 valence electrons. The SMILES string of the molecule is CC1(C(N)Cc2cccnc2)CC1. The highest BCUT2D eigenvalue weighted by atomic mass is 14.7. The van der Waals surface area contributed by atoms with E-state index in [9.17, 15) is 0 Å². The fourth-order valence-electron chi connectivity index (χ4n) is 1.59. The Balaban J connectivity index is 1.98. The maximum absolute atomic E-state index is 6.12. The summed E-state index contributed by atoms with van der Waals surface area (Å²) in [4.78, 5) is 4.08. The molecule has 1 aromatic heterocycles. The third-order valence-electron chi connectivity index (χ3n) is 3.11. The van der Waals surface area contributed by atoms with E-state index in [4.69, 9.17) is 5.73 Å². The lowest BCUT2D eigenvalue weighted by atomic mass is 9.94. The maximum atomic E-state index is 6.12. The Morgan fingerprint density at radius 1 is 1.62 bits per heavy atom. The second-order valence-electron chi connectivity index (χ2n) is 4.33. The Kier molecular flexibility index (Phi) is 2.08. The lowest BCUT2D eigenvalue weighted by Gasteiger charge is -2.18. The first-order valence-corrected chi connectivity index (χ1v) is 4.85. The van der Waals surface area contributed by atoms with E-state index in [0.717, 1.165) is 6.42 Å². The number of rotatable bonds is 3. The van der Waals surface area contributed by atoms with Gasteiger partial charge >= 0.3 is 0 Å². The van der Waals surface area contributed by atoms with Crippen molar-refractivity contribution < 1.29 is 0 Å². The lowest BCUT2D eigenvalue weighted by molar-refractivity contribution is 0.433.